The number of hydrogen-bond acceptors (Lipinski definition) is 2. The Morgan fingerprint density at radius 3 is 2.29 bits per heavy atom. The Bertz CT molecular complexity index is 299. The second kappa shape index (κ2) is 4.11. The molecule has 1 aromatic rings. The standard InChI is InChI=1S/C12H20N2/c1-12(2,3)10-7-5-4-6-9(10)11(14)8-13/h4-7,11H,8,13-14H2,1-3H3. The maximum atomic E-state index is 5.97. The van der Waals surface area contributed by atoms with Crippen LogP contribution in [-0.4, -0.2) is 6.54 Å². The molecule has 1 aromatic carbocycles. The fraction of sp³-hybridized carbons (Fsp3) is 0.500. The molecule has 2 nitrogen and oxygen atoms in total. The van der Waals surface area contributed by atoms with Crippen LogP contribution in [0.15, 0.2) is 24.3 Å². The molecule has 0 saturated heterocycles. The average Bonchev–Trinajstić information content (AvgIpc) is 2.15. The zero-order chi connectivity index (χ0) is 10.8. The van der Waals surface area contributed by atoms with Gasteiger partial charge in [-0.1, -0.05) is 45.0 Å². The molecule has 1 unspecified atom stereocenters. The van der Waals surface area contributed by atoms with Gasteiger partial charge >= 0.3 is 0 Å². The summed E-state index contributed by atoms with van der Waals surface area (Å²) in [5.41, 5.74) is 14.1. The first-order valence-corrected chi connectivity index (χ1v) is 5.02. The summed E-state index contributed by atoms with van der Waals surface area (Å²) in [6.45, 7) is 7.06. The van der Waals surface area contributed by atoms with E-state index < -0.39 is 0 Å². The highest BCUT2D eigenvalue weighted by atomic mass is 14.7. The van der Waals surface area contributed by atoms with E-state index in [4.69, 9.17) is 11.5 Å². The van der Waals surface area contributed by atoms with E-state index in [1.807, 2.05) is 12.1 Å². The van der Waals surface area contributed by atoms with Gasteiger partial charge in [0.25, 0.3) is 0 Å². The van der Waals surface area contributed by atoms with E-state index in [-0.39, 0.29) is 11.5 Å². The molecule has 78 valence electrons. The smallest absolute Gasteiger partial charge is 0.0422 e. The first kappa shape index (κ1) is 11.2. The minimum absolute atomic E-state index is 0.0505. The molecule has 0 aromatic heterocycles. The van der Waals surface area contributed by atoms with E-state index in [0.717, 1.165) is 0 Å². The van der Waals surface area contributed by atoms with Crippen LogP contribution in [0, 0.1) is 0 Å². The van der Waals surface area contributed by atoms with Crippen LogP contribution < -0.4 is 11.5 Å². The molecule has 0 radical (unpaired) electrons. The highest BCUT2D eigenvalue weighted by Gasteiger charge is 2.19. The van der Waals surface area contributed by atoms with Gasteiger partial charge in [-0.15, -0.1) is 0 Å². The number of rotatable bonds is 2. The van der Waals surface area contributed by atoms with E-state index in [9.17, 15) is 0 Å². The van der Waals surface area contributed by atoms with Gasteiger partial charge in [-0.25, -0.2) is 0 Å². The molecule has 0 aliphatic rings. The third-order valence-electron chi connectivity index (χ3n) is 2.42. The van der Waals surface area contributed by atoms with Crippen molar-refractivity contribution in [2.75, 3.05) is 6.54 Å². The maximum absolute atomic E-state index is 5.97. The molecule has 0 spiro atoms. The van der Waals surface area contributed by atoms with Gasteiger partial charge in [0.05, 0.1) is 0 Å². The van der Waals surface area contributed by atoms with Gasteiger partial charge < -0.3 is 11.5 Å². The van der Waals surface area contributed by atoms with Crippen molar-refractivity contribution in [1.29, 1.82) is 0 Å². The zero-order valence-electron chi connectivity index (χ0n) is 9.25. The van der Waals surface area contributed by atoms with Crippen molar-refractivity contribution >= 4 is 0 Å². The fourth-order valence-electron chi connectivity index (χ4n) is 1.63. The number of nitrogens with two attached hydrogens (primary N) is 2. The summed E-state index contributed by atoms with van der Waals surface area (Å²) in [4.78, 5) is 0. The second-order valence-corrected chi connectivity index (χ2v) is 4.68. The lowest BCUT2D eigenvalue weighted by Gasteiger charge is -2.25. The first-order chi connectivity index (χ1) is 6.46. The summed E-state index contributed by atoms with van der Waals surface area (Å²) in [6, 6.07) is 8.21. The Hall–Kier alpha value is -0.860. The minimum atomic E-state index is -0.0505. The van der Waals surface area contributed by atoms with E-state index in [2.05, 4.69) is 32.9 Å². The summed E-state index contributed by atoms with van der Waals surface area (Å²) in [7, 11) is 0. The van der Waals surface area contributed by atoms with Crippen molar-refractivity contribution in [3.05, 3.63) is 35.4 Å². The summed E-state index contributed by atoms with van der Waals surface area (Å²) in [5, 5.41) is 0. The van der Waals surface area contributed by atoms with Gasteiger partial charge in [0, 0.05) is 12.6 Å². The van der Waals surface area contributed by atoms with E-state index in [0.29, 0.717) is 6.54 Å². The maximum Gasteiger partial charge on any atom is 0.0422 e. The third-order valence-corrected chi connectivity index (χ3v) is 2.42. The normalized spacial score (nSPS) is 14.1. The Labute approximate surface area is 86.3 Å². The molecule has 2 heteroatoms. The Morgan fingerprint density at radius 1 is 1.21 bits per heavy atom. The van der Waals surface area contributed by atoms with Crippen LogP contribution in [0.3, 0.4) is 0 Å². The lowest BCUT2D eigenvalue weighted by molar-refractivity contribution is 0.570. The first-order valence-electron chi connectivity index (χ1n) is 5.02. The summed E-state index contributed by atoms with van der Waals surface area (Å²) in [6.07, 6.45) is 0. The summed E-state index contributed by atoms with van der Waals surface area (Å²) >= 11 is 0. The van der Waals surface area contributed by atoms with Crippen LogP contribution in [0.2, 0.25) is 0 Å². The highest BCUT2D eigenvalue weighted by molar-refractivity contribution is 5.35. The molecule has 0 amide bonds. The Kier molecular flexibility index (Phi) is 3.29. The second-order valence-electron chi connectivity index (χ2n) is 4.68. The summed E-state index contributed by atoms with van der Waals surface area (Å²) < 4.78 is 0. The van der Waals surface area contributed by atoms with Crippen LogP contribution in [0.1, 0.15) is 37.9 Å². The SMILES string of the molecule is CC(C)(C)c1ccccc1C(N)CN. The number of benzene rings is 1. The molecule has 0 aliphatic carbocycles. The zero-order valence-corrected chi connectivity index (χ0v) is 9.25. The van der Waals surface area contributed by atoms with E-state index in [1.54, 1.807) is 0 Å². The molecule has 0 fully saturated rings. The van der Waals surface area contributed by atoms with Gasteiger partial charge in [-0.05, 0) is 16.5 Å². The largest absolute Gasteiger partial charge is 0.329 e. The molecule has 0 bridgehead atoms. The lowest BCUT2D eigenvalue weighted by Crippen LogP contribution is -2.25. The van der Waals surface area contributed by atoms with E-state index in [1.165, 1.54) is 11.1 Å². The van der Waals surface area contributed by atoms with Crippen molar-refractivity contribution < 1.29 is 0 Å². The molecule has 1 atom stereocenters. The van der Waals surface area contributed by atoms with Crippen LogP contribution >= 0.6 is 0 Å². The third kappa shape index (κ3) is 2.34. The quantitative estimate of drug-likeness (QED) is 0.752. The van der Waals surface area contributed by atoms with Gasteiger partial charge in [0.2, 0.25) is 0 Å². The van der Waals surface area contributed by atoms with Crippen LogP contribution in [0.5, 0.6) is 0 Å². The molecule has 0 aliphatic heterocycles. The summed E-state index contributed by atoms with van der Waals surface area (Å²) in [5.74, 6) is 0. The lowest BCUT2D eigenvalue weighted by atomic mass is 9.82. The van der Waals surface area contributed by atoms with Crippen molar-refractivity contribution in [2.45, 2.75) is 32.2 Å². The van der Waals surface area contributed by atoms with Gasteiger partial charge in [0.1, 0.15) is 0 Å². The van der Waals surface area contributed by atoms with Crippen molar-refractivity contribution in [1.82, 2.24) is 0 Å². The predicted octanol–water partition coefficient (Wildman–Crippen LogP) is 1.94. The molecule has 4 N–H and O–H groups in total. The fourth-order valence-corrected chi connectivity index (χ4v) is 1.63. The molecular formula is C12H20N2. The van der Waals surface area contributed by atoms with Gasteiger partial charge in [-0.2, -0.15) is 0 Å². The monoisotopic (exact) mass is 192 g/mol. The predicted molar refractivity (Wildman–Crippen MR) is 61.1 cm³/mol. The van der Waals surface area contributed by atoms with Crippen LogP contribution in [0.4, 0.5) is 0 Å². The molecule has 1 rings (SSSR count). The molecule has 0 heterocycles. The van der Waals surface area contributed by atoms with Crippen molar-refractivity contribution in [3.63, 3.8) is 0 Å². The highest BCUT2D eigenvalue weighted by Crippen LogP contribution is 2.28. The van der Waals surface area contributed by atoms with Gasteiger partial charge in [0.15, 0.2) is 0 Å². The minimum Gasteiger partial charge on any atom is -0.329 e. The van der Waals surface area contributed by atoms with Crippen molar-refractivity contribution in [3.8, 4) is 0 Å². The van der Waals surface area contributed by atoms with Gasteiger partial charge in [-0.3, -0.25) is 0 Å². The Balaban J connectivity index is 3.16. The topological polar surface area (TPSA) is 52.0 Å². The molecule has 0 saturated carbocycles. The average molecular weight is 192 g/mol. The Morgan fingerprint density at radius 2 is 1.79 bits per heavy atom. The van der Waals surface area contributed by atoms with Crippen molar-refractivity contribution in [2.24, 2.45) is 11.5 Å². The van der Waals surface area contributed by atoms with E-state index >= 15 is 0 Å². The van der Waals surface area contributed by atoms with Crippen LogP contribution in [0.25, 0.3) is 0 Å². The van der Waals surface area contributed by atoms with Crippen LogP contribution in [-0.2, 0) is 5.41 Å². The number of hydrogen-bond donors (Lipinski definition) is 2. The molecular weight excluding hydrogens is 172 g/mol. The molecule has 14 heavy (non-hydrogen) atoms.